The minimum Gasteiger partial charge on any atom is -0.294 e. The Morgan fingerprint density at radius 1 is 1.00 bits per heavy atom. The Labute approximate surface area is 126 Å². The molecule has 3 rings (SSSR count). The lowest BCUT2D eigenvalue weighted by Crippen LogP contribution is -2.43. The van der Waals surface area contributed by atoms with Gasteiger partial charge in [-0.2, -0.15) is 0 Å². The molecule has 0 aromatic heterocycles. The third-order valence-electron chi connectivity index (χ3n) is 5.31. The molecule has 1 fully saturated rings. The van der Waals surface area contributed by atoms with E-state index in [1.807, 2.05) is 24.3 Å². The molecule has 112 valence electrons. The molecule has 21 heavy (non-hydrogen) atoms. The first kappa shape index (κ1) is 14.5. The number of hydrogen-bond acceptors (Lipinski definition) is 2. The first-order valence-electron chi connectivity index (χ1n) is 8.41. The van der Waals surface area contributed by atoms with Crippen LogP contribution < -0.4 is 0 Å². The molecule has 0 aliphatic heterocycles. The lowest BCUT2D eigenvalue weighted by atomic mass is 9.62. The molecule has 2 aliphatic carbocycles. The van der Waals surface area contributed by atoms with Crippen LogP contribution in [0.2, 0.25) is 0 Å². The predicted octanol–water partition coefficient (Wildman–Crippen LogP) is 4.68. The topological polar surface area (TPSA) is 34.1 Å². The van der Waals surface area contributed by atoms with Crippen molar-refractivity contribution in [1.82, 2.24) is 0 Å². The Morgan fingerprint density at radius 3 is 2.43 bits per heavy atom. The van der Waals surface area contributed by atoms with E-state index >= 15 is 0 Å². The van der Waals surface area contributed by atoms with E-state index in [0.717, 1.165) is 25.7 Å². The van der Waals surface area contributed by atoms with Crippen LogP contribution in [0.25, 0.3) is 0 Å². The van der Waals surface area contributed by atoms with Crippen LogP contribution in [0.3, 0.4) is 0 Å². The zero-order valence-electron chi connectivity index (χ0n) is 12.8. The molecule has 0 radical (unpaired) electrons. The first-order valence-corrected chi connectivity index (χ1v) is 8.41. The summed E-state index contributed by atoms with van der Waals surface area (Å²) < 4.78 is 0. The Morgan fingerprint density at radius 2 is 1.71 bits per heavy atom. The Bertz CT molecular complexity index is 546. The molecule has 3 atom stereocenters. The van der Waals surface area contributed by atoms with Gasteiger partial charge in [-0.05, 0) is 25.2 Å². The first-order chi connectivity index (χ1) is 10.2. The Hall–Kier alpha value is -1.44. The third kappa shape index (κ3) is 2.56. The van der Waals surface area contributed by atoms with E-state index in [9.17, 15) is 9.59 Å². The van der Waals surface area contributed by atoms with Crippen LogP contribution >= 0.6 is 0 Å². The highest BCUT2D eigenvalue weighted by molar-refractivity contribution is 6.16. The molecule has 1 saturated carbocycles. The molecular formula is C19H24O2. The average molecular weight is 284 g/mol. The number of fused-ring (bicyclic) bond motifs is 2. The average Bonchev–Trinajstić information content (AvgIpc) is 2.53. The zero-order chi connectivity index (χ0) is 14.8. The quantitative estimate of drug-likeness (QED) is 0.752. The van der Waals surface area contributed by atoms with Gasteiger partial charge in [0.25, 0.3) is 0 Å². The molecule has 0 N–H and O–H groups in total. The molecular weight excluding hydrogens is 260 g/mol. The summed E-state index contributed by atoms with van der Waals surface area (Å²) >= 11 is 0. The van der Waals surface area contributed by atoms with Gasteiger partial charge < -0.3 is 0 Å². The van der Waals surface area contributed by atoms with Crippen molar-refractivity contribution in [2.45, 2.75) is 51.9 Å². The van der Waals surface area contributed by atoms with E-state index in [-0.39, 0.29) is 23.4 Å². The van der Waals surface area contributed by atoms with Crippen molar-refractivity contribution < 1.29 is 9.59 Å². The van der Waals surface area contributed by atoms with Crippen LogP contribution in [0.1, 0.15) is 72.6 Å². The molecule has 2 aliphatic rings. The predicted molar refractivity (Wildman–Crippen MR) is 83.6 cm³/mol. The van der Waals surface area contributed by atoms with E-state index in [0.29, 0.717) is 17.0 Å². The molecule has 0 spiro atoms. The van der Waals surface area contributed by atoms with Gasteiger partial charge in [-0.1, -0.05) is 56.9 Å². The fourth-order valence-corrected chi connectivity index (χ4v) is 4.25. The summed E-state index contributed by atoms with van der Waals surface area (Å²) in [5.74, 6) is 0.776. The van der Waals surface area contributed by atoms with Gasteiger partial charge in [-0.15, -0.1) is 0 Å². The highest BCUT2D eigenvalue weighted by atomic mass is 16.1. The van der Waals surface area contributed by atoms with Crippen LogP contribution in [-0.4, -0.2) is 11.6 Å². The van der Waals surface area contributed by atoms with Gasteiger partial charge >= 0.3 is 0 Å². The third-order valence-corrected chi connectivity index (χ3v) is 5.31. The number of rotatable bonds is 4. The summed E-state index contributed by atoms with van der Waals surface area (Å²) in [7, 11) is 0. The van der Waals surface area contributed by atoms with Crippen molar-refractivity contribution in [3.8, 4) is 0 Å². The molecule has 0 amide bonds. The second kappa shape index (κ2) is 6.13. The summed E-state index contributed by atoms with van der Waals surface area (Å²) in [5, 5.41) is 0. The van der Waals surface area contributed by atoms with Crippen molar-refractivity contribution in [3.63, 3.8) is 0 Å². The normalized spacial score (nSPS) is 28.1. The highest BCUT2D eigenvalue weighted by Gasteiger charge is 2.46. The maximum Gasteiger partial charge on any atom is 0.167 e. The number of carbonyl (C=O) groups is 2. The van der Waals surface area contributed by atoms with Crippen molar-refractivity contribution in [3.05, 3.63) is 35.4 Å². The number of benzene rings is 1. The van der Waals surface area contributed by atoms with Gasteiger partial charge in [0.2, 0.25) is 0 Å². The summed E-state index contributed by atoms with van der Waals surface area (Å²) in [4.78, 5) is 25.6. The molecule has 2 nitrogen and oxygen atoms in total. The van der Waals surface area contributed by atoms with Crippen LogP contribution in [-0.2, 0) is 0 Å². The van der Waals surface area contributed by atoms with E-state index in [1.54, 1.807) is 0 Å². The molecule has 0 heterocycles. The minimum atomic E-state index is -0.0484. The minimum absolute atomic E-state index is 0.0435. The van der Waals surface area contributed by atoms with Crippen LogP contribution in [0.4, 0.5) is 0 Å². The van der Waals surface area contributed by atoms with E-state index in [2.05, 4.69) is 6.92 Å². The molecule has 1 aromatic carbocycles. The number of hydrogen-bond donors (Lipinski definition) is 0. The van der Waals surface area contributed by atoms with Gasteiger partial charge in [0.1, 0.15) is 0 Å². The fourth-order valence-electron chi connectivity index (χ4n) is 4.25. The second-order valence-electron chi connectivity index (χ2n) is 6.59. The Balaban J connectivity index is 1.89. The van der Waals surface area contributed by atoms with Gasteiger partial charge in [0.05, 0.1) is 0 Å². The summed E-state index contributed by atoms with van der Waals surface area (Å²) in [5.41, 5.74) is 1.34. The standard InChI is InChI=1S/C19H24O2/c1-2-3-4-8-13-9-7-12-16-17(13)19(21)15-11-6-5-10-14(15)18(16)20/h5-6,10-11,13,16-17H,2-4,7-9,12H2,1H3. The maximum atomic E-state index is 12.9. The molecule has 0 saturated heterocycles. The van der Waals surface area contributed by atoms with Crippen molar-refractivity contribution in [2.24, 2.45) is 17.8 Å². The molecule has 0 bridgehead atoms. The largest absolute Gasteiger partial charge is 0.294 e. The van der Waals surface area contributed by atoms with E-state index in [4.69, 9.17) is 0 Å². The van der Waals surface area contributed by atoms with E-state index < -0.39 is 0 Å². The molecule has 1 aromatic rings. The lowest BCUT2D eigenvalue weighted by molar-refractivity contribution is 0.0564. The summed E-state index contributed by atoms with van der Waals surface area (Å²) in [6.45, 7) is 2.20. The number of Topliss-reactive ketones (excluding diaryl/α,β-unsaturated/α-hetero) is 2. The molecule has 2 heteroatoms. The van der Waals surface area contributed by atoms with Crippen LogP contribution in [0.15, 0.2) is 24.3 Å². The number of ketones is 2. The van der Waals surface area contributed by atoms with Gasteiger partial charge in [-0.3, -0.25) is 9.59 Å². The molecule has 3 unspecified atom stereocenters. The lowest BCUT2D eigenvalue weighted by Gasteiger charge is -2.40. The van der Waals surface area contributed by atoms with Crippen molar-refractivity contribution >= 4 is 11.6 Å². The van der Waals surface area contributed by atoms with E-state index in [1.165, 1.54) is 19.3 Å². The van der Waals surface area contributed by atoms with Crippen molar-refractivity contribution in [1.29, 1.82) is 0 Å². The monoisotopic (exact) mass is 284 g/mol. The second-order valence-corrected chi connectivity index (χ2v) is 6.59. The zero-order valence-corrected chi connectivity index (χ0v) is 12.8. The van der Waals surface area contributed by atoms with Gasteiger partial charge in [0, 0.05) is 23.0 Å². The summed E-state index contributed by atoms with van der Waals surface area (Å²) in [6.07, 6.45) is 7.84. The number of carbonyl (C=O) groups excluding carboxylic acids is 2. The smallest absolute Gasteiger partial charge is 0.167 e. The maximum absolute atomic E-state index is 12.9. The highest BCUT2D eigenvalue weighted by Crippen LogP contribution is 2.44. The van der Waals surface area contributed by atoms with Crippen LogP contribution in [0.5, 0.6) is 0 Å². The van der Waals surface area contributed by atoms with Gasteiger partial charge in [-0.25, -0.2) is 0 Å². The fraction of sp³-hybridized carbons (Fsp3) is 0.579. The van der Waals surface area contributed by atoms with Crippen molar-refractivity contribution in [2.75, 3.05) is 0 Å². The summed E-state index contributed by atoms with van der Waals surface area (Å²) in [6, 6.07) is 7.40. The van der Waals surface area contributed by atoms with Crippen LogP contribution in [0, 0.1) is 17.8 Å². The SMILES string of the molecule is CCCCCC1CCCC2C(=O)c3ccccc3C(=O)C12. The Kier molecular flexibility index (Phi) is 4.23. The number of unbranched alkanes of at least 4 members (excludes halogenated alkanes) is 2. The van der Waals surface area contributed by atoms with Gasteiger partial charge in [0.15, 0.2) is 11.6 Å².